The normalized spacial score (nSPS) is 10.3. The maximum Gasteiger partial charge on any atom is 0.145 e. The zero-order valence-corrected chi connectivity index (χ0v) is 10.7. The number of nitrogens with zero attached hydrogens (tertiary/aromatic N) is 2. The summed E-state index contributed by atoms with van der Waals surface area (Å²) in [6, 6.07) is 6.67. The number of nitriles is 1. The van der Waals surface area contributed by atoms with Crippen LogP contribution in [0.5, 0.6) is 0 Å². The van der Waals surface area contributed by atoms with Gasteiger partial charge in [-0.15, -0.1) is 11.3 Å². The molecule has 1 aromatic carbocycles. The van der Waals surface area contributed by atoms with Gasteiger partial charge in [0.25, 0.3) is 0 Å². The quantitative estimate of drug-likeness (QED) is 0.920. The van der Waals surface area contributed by atoms with E-state index in [0.717, 1.165) is 10.7 Å². The molecule has 0 unspecified atom stereocenters. The van der Waals surface area contributed by atoms with Gasteiger partial charge in [-0.25, -0.2) is 9.37 Å². The van der Waals surface area contributed by atoms with Crippen LogP contribution in [0.2, 0.25) is 0 Å². The van der Waals surface area contributed by atoms with Gasteiger partial charge in [0.15, 0.2) is 0 Å². The van der Waals surface area contributed by atoms with Gasteiger partial charge < -0.3 is 5.32 Å². The maximum atomic E-state index is 13.7. The smallest absolute Gasteiger partial charge is 0.145 e. The zero-order chi connectivity index (χ0) is 13.0. The second kappa shape index (κ2) is 5.71. The Hall–Kier alpha value is -1.77. The molecule has 2 aromatic rings. The molecule has 0 radical (unpaired) electrons. The Bertz CT molecular complexity index is 586. The van der Waals surface area contributed by atoms with Crippen LogP contribution in [-0.2, 0) is 13.1 Å². The summed E-state index contributed by atoms with van der Waals surface area (Å²) in [5.74, 6) is -0.443. The molecule has 5 heteroatoms. The van der Waals surface area contributed by atoms with Gasteiger partial charge in [0, 0.05) is 24.0 Å². The van der Waals surface area contributed by atoms with Crippen LogP contribution in [0, 0.1) is 24.1 Å². The summed E-state index contributed by atoms with van der Waals surface area (Å²) in [5, 5.41) is 14.8. The van der Waals surface area contributed by atoms with E-state index in [9.17, 15) is 4.39 Å². The second-order valence-electron chi connectivity index (χ2n) is 3.85. The molecule has 0 saturated carbocycles. The summed E-state index contributed by atoms with van der Waals surface area (Å²) in [6.07, 6.45) is 0. The fourth-order valence-electron chi connectivity index (χ4n) is 1.62. The van der Waals surface area contributed by atoms with Crippen molar-refractivity contribution in [1.82, 2.24) is 10.3 Å². The predicted molar refractivity (Wildman–Crippen MR) is 68.5 cm³/mol. The minimum Gasteiger partial charge on any atom is -0.307 e. The van der Waals surface area contributed by atoms with Gasteiger partial charge in [0.2, 0.25) is 0 Å². The van der Waals surface area contributed by atoms with E-state index in [1.54, 1.807) is 23.5 Å². The van der Waals surface area contributed by atoms with Crippen LogP contribution in [0.15, 0.2) is 23.6 Å². The van der Waals surface area contributed by atoms with Crippen LogP contribution >= 0.6 is 11.3 Å². The first-order valence-electron chi connectivity index (χ1n) is 5.50. The van der Waals surface area contributed by atoms with Crippen molar-refractivity contribution in [2.24, 2.45) is 0 Å². The van der Waals surface area contributed by atoms with Crippen LogP contribution in [0.3, 0.4) is 0 Å². The van der Waals surface area contributed by atoms with Crippen LogP contribution in [0.1, 0.15) is 21.8 Å². The van der Waals surface area contributed by atoms with E-state index < -0.39 is 5.82 Å². The van der Waals surface area contributed by atoms with Crippen LogP contribution in [0.4, 0.5) is 4.39 Å². The fourth-order valence-corrected chi connectivity index (χ4v) is 2.23. The van der Waals surface area contributed by atoms with Gasteiger partial charge in [-0.3, -0.25) is 0 Å². The van der Waals surface area contributed by atoms with Crippen LogP contribution in [-0.4, -0.2) is 4.98 Å². The second-order valence-corrected chi connectivity index (χ2v) is 4.91. The zero-order valence-electron chi connectivity index (χ0n) is 9.90. The molecule has 2 rings (SSSR count). The highest BCUT2D eigenvalue weighted by molar-refractivity contribution is 7.09. The van der Waals surface area contributed by atoms with Gasteiger partial charge in [0.1, 0.15) is 11.9 Å². The molecular formula is C13H12FN3S. The molecule has 1 N–H and O–H groups in total. The third kappa shape index (κ3) is 2.92. The molecule has 0 aliphatic rings. The summed E-state index contributed by atoms with van der Waals surface area (Å²) < 4.78 is 13.7. The highest BCUT2D eigenvalue weighted by Crippen LogP contribution is 2.12. The predicted octanol–water partition coefficient (Wildman–Crippen LogP) is 2.75. The molecule has 0 fully saturated rings. The highest BCUT2D eigenvalue weighted by Gasteiger charge is 2.07. The Balaban J connectivity index is 1.97. The Morgan fingerprint density at radius 2 is 2.28 bits per heavy atom. The first kappa shape index (κ1) is 12.7. The number of rotatable bonds is 4. The van der Waals surface area contributed by atoms with E-state index in [1.165, 1.54) is 6.07 Å². The van der Waals surface area contributed by atoms with E-state index in [2.05, 4.69) is 10.3 Å². The molecule has 18 heavy (non-hydrogen) atoms. The van der Waals surface area contributed by atoms with Crippen LogP contribution < -0.4 is 5.32 Å². The SMILES string of the molecule is Cc1nc(CNCc2cccc(C#N)c2F)cs1. The average molecular weight is 261 g/mol. The van der Waals surface area contributed by atoms with Gasteiger partial charge in [-0.1, -0.05) is 12.1 Å². The molecule has 0 bridgehead atoms. The molecule has 92 valence electrons. The van der Waals surface area contributed by atoms with Crippen molar-refractivity contribution in [3.05, 3.63) is 51.2 Å². The Morgan fingerprint density at radius 3 is 2.94 bits per heavy atom. The number of aromatic nitrogens is 1. The third-order valence-corrected chi connectivity index (χ3v) is 3.31. The van der Waals surface area contributed by atoms with Crippen molar-refractivity contribution in [3.63, 3.8) is 0 Å². The summed E-state index contributed by atoms with van der Waals surface area (Å²) in [7, 11) is 0. The maximum absolute atomic E-state index is 13.7. The van der Waals surface area contributed by atoms with E-state index in [0.29, 0.717) is 18.7 Å². The number of benzene rings is 1. The summed E-state index contributed by atoms with van der Waals surface area (Å²) in [6.45, 7) is 2.93. The monoisotopic (exact) mass is 261 g/mol. The lowest BCUT2D eigenvalue weighted by Crippen LogP contribution is -2.14. The van der Waals surface area contributed by atoms with Crippen molar-refractivity contribution < 1.29 is 4.39 Å². The molecule has 0 aliphatic carbocycles. The van der Waals surface area contributed by atoms with E-state index in [1.807, 2.05) is 18.4 Å². The Kier molecular flexibility index (Phi) is 4.03. The van der Waals surface area contributed by atoms with Crippen molar-refractivity contribution >= 4 is 11.3 Å². The third-order valence-electron chi connectivity index (χ3n) is 2.49. The standard InChI is InChI=1S/C13H12FN3S/c1-9-17-12(8-18-9)7-16-6-11-4-2-3-10(5-15)13(11)14/h2-4,8,16H,6-7H2,1H3. The van der Waals surface area contributed by atoms with Crippen molar-refractivity contribution in [1.29, 1.82) is 5.26 Å². The lowest BCUT2D eigenvalue weighted by Gasteiger charge is -2.05. The summed E-state index contributed by atoms with van der Waals surface area (Å²) >= 11 is 1.59. The number of nitrogens with one attached hydrogen (secondary N) is 1. The minimum absolute atomic E-state index is 0.0822. The number of thiazole rings is 1. The average Bonchev–Trinajstić information content (AvgIpc) is 2.77. The van der Waals surface area contributed by atoms with E-state index in [-0.39, 0.29) is 5.56 Å². The fraction of sp³-hybridized carbons (Fsp3) is 0.231. The van der Waals surface area contributed by atoms with Crippen molar-refractivity contribution in [3.8, 4) is 6.07 Å². The number of aryl methyl sites for hydroxylation is 1. The topological polar surface area (TPSA) is 48.7 Å². The van der Waals surface area contributed by atoms with Crippen molar-refractivity contribution in [2.45, 2.75) is 20.0 Å². The van der Waals surface area contributed by atoms with Gasteiger partial charge >= 0.3 is 0 Å². The lowest BCUT2D eigenvalue weighted by atomic mass is 10.1. The largest absolute Gasteiger partial charge is 0.307 e. The highest BCUT2D eigenvalue weighted by atomic mass is 32.1. The molecule has 0 saturated heterocycles. The number of halogens is 1. The molecular weight excluding hydrogens is 249 g/mol. The number of hydrogen-bond donors (Lipinski definition) is 1. The van der Waals surface area contributed by atoms with E-state index in [4.69, 9.17) is 5.26 Å². The molecule has 1 heterocycles. The Morgan fingerprint density at radius 1 is 1.44 bits per heavy atom. The van der Waals surface area contributed by atoms with Gasteiger partial charge in [-0.2, -0.15) is 5.26 Å². The number of hydrogen-bond acceptors (Lipinski definition) is 4. The first-order chi connectivity index (χ1) is 8.70. The van der Waals surface area contributed by atoms with Crippen LogP contribution in [0.25, 0.3) is 0 Å². The first-order valence-corrected chi connectivity index (χ1v) is 6.38. The van der Waals surface area contributed by atoms with Gasteiger partial charge in [0.05, 0.1) is 16.3 Å². The lowest BCUT2D eigenvalue weighted by molar-refractivity contribution is 0.583. The van der Waals surface area contributed by atoms with Gasteiger partial charge in [-0.05, 0) is 13.0 Å². The molecule has 0 aliphatic heterocycles. The summed E-state index contributed by atoms with van der Waals surface area (Å²) in [5.41, 5.74) is 1.54. The minimum atomic E-state index is -0.443. The van der Waals surface area contributed by atoms with E-state index >= 15 is 0 Å². The van der Waals surface area contributed by atoms with Crippen molar-refractivity contribution in [2.75, 3.05) is 0 Å². The molecule has 3 nitrogen and oxygen atoms in total. The summed E-state index contributed by atoms with van der Waals surface area (Å²) in [4.78, 5) is 4.31. The molecule has 0 spiro atoms. The Labute approximate surface area is 109 Å². The molecule has 0 atom stereocenters. The molecule has 0 amide bonds. The molecule has 1 aromatic heterocycles.